The molecule has 1 aromatic rings. The van der Waals surface area contributed by atoms with Crippen molar-refractivity contribution in [3.05, 3.63) is 14.7 Å². The van der Waals surface area contributed by atoms with Gasteiger partial charge in [0, 0.05) is 11.4 Å². The van der Waals surface area contributed by atoms with Crippen LogP contribution >= 0.6 is 27.3 Å². The zero-order valence-electron chi connectivity index (χ0n) is 10.2. The van der Waals surface area contributed by atoms with E-state index >= 15 is 0 Å². The summed E-state index contributed by atoms with van der Waals surface area (Å²) in [7, 11) is -3.35. The van der Waals surface area contributed by atoms with Crippen LogP contribution in [0.2, 0.25) is 0 Å². The Morgan fingerprint density at radius 2 is 2.39 bits per heavy atom. The summed E-state index contributed by atoms with van der Waals surface area (Å²) in [6.45, 7) is 4.39. The van der Waals surface area contributed by atoms with Crippen LogP contribution in [0.15, 0.2) is 14.7 Å². The maximum absolute atomic E-state index is 12.1. The van der Waals surface area contributed by atoms with Gasteiger partial charge in [-0.15, -0.1) is 11.3 Å². The summed E-state index contributed by atoms with van der Waals surface area (Å²) in [5.41, 5.74) is 0. The number of nitrogens with one attached hydrogen (secondary N) is 2. The van der Waals surface area contributed by atoms with Gasteiger partial charge in [0.25, 0.3) is 0 Å². The Kier molecular flexibility index (Phi) is 4.82. The molecule has 7 heteroatoms. The molecule has 0 saturated carbocycles. The average molecular weight is 353 g/mol. The Morgan fingerprint density at radius 1 is 1.61 bits per heavy atom. The Balaban J connectivity index is 1.93. The molecule has 102 valence electrons. The standard InChI is InChI=1S/C11H17BrN2O2S2/c1-8-10(6-11(12)17-8)18(15,16)14-5-3-9-2-4-13-7-9/h6,9,13-14H,2-5,7H2,1H3. The van der Waals surface area contributed by atoms with Crippen LogP contribution in [0, 0.1) is 12.8 Å². The molecule has 1 aliphatic rings. The molecule has 1 aliphatic heterocycles. The first-order valence-corrected chi connectivity index (χ1v) is 9.04. The van der Waals surface area contributed by atoms with Crippen LogP contribution in [0.5, 0.6) is 0 Å². The van der Waals surface area contributed by atoms with Gasteiger partial charge in [-0.1, -0.05) is 0 Å². The molecule has 0 aromatic carbocycles. The summed E-state index contributed by atoms with van der Waals surface area (Å²) in [6.07, 6.45) is 2.04. The first-order valence-electron chi connectivity index (χ1n) is 5.95. The van der Waals surface area contributed by atoms with Crippen molar-refractivity contribution in [2.24, 2.45) is 5.92 Å². The van der Waals surface area contributed by atoms with E-state index in [2.05, 4.69) is 26.0 Å². The smallest absolute Gasteiger partial charge is 0.241 e. The third-order valence-corrected chi connectivity index (χ3v) is 6.41. The van der Waals surface area contributed by atoms with Crippen LogP contribution in [0.25, 0.3) is 0 Å². The minimum absolute atomic E-state index is 0.393. The van der Waals surface area contributed by atoms with E-state index in [0.29, 0.717) is 17.4 Å². The van der Waals surface area contributed by atoms with E-state index in [1.807, 2.05) is 6.92 Å². The first kappa shape index (κ1) is 14.5. The van der Waals surface area contributed by atoms with Gasteiger partial charge in [-0.05, 0) is 60.8 Å². The lowest BCUT2D eigenvalue weighted by molar-refractivity contribution is 0.519. The molecule has 0 aliphatic carbocycles. The summed E-state index contributed by atoms with van der Waals surface area (Å²) in [4.78, 5) is 1.21. The molecule has 2 rings (SSSR count). The van der Waals surface area contributed by atoms with E-state index in [1.54, 1.807) is 6.07 Å². The van der Waals surface area contributed by atoms with E-state index in [1.165, 1.54) is 11.3 Å². The summed E-state index contributed by atoms with van der Waals surface area (Å²) in [5.74, 6) is 0.600. The normalized spacial score (nSPS) is 20.4. The van der Waals surface area contributed by atoms with Crippen LogP contribution in [0.1, 0.15) is 17.7 Å². The molecular weight excluding hydrogens is 336 g/mol. The van der Waals surface area contributed by atoms with Gasteiger partial charge in [0.05, 0.1) is 8.68 Å². The summed E-state index contributed by atoms with van der Waals surface area (Å²) >= 11 is 4.76. The molecule has 1 atom stereocenters. The Bertz CT molecular complexity index is 507. The average Bonchev–Trinajstić information content (AvgIpc) is 2.88. The fourth-order valence-corrected chi connectivity index (χ4v) is 5.59. The summed E-state index contributed by atoms with van der Waals surface area (Å²) < 4.78 is 27.7. The van der Waals surface area contributed by atoms with Gasteiger partial charge < -0.3 is 5.32 Å². The maximum Gasteiger partial charge on any atom is 0.241 e. The number of thiophene rings is 1. The van der Waals surface area contributed by atoms with Crippen molar-refractivity contribution in [2.45, 2.75) is 24.7 Å². The highest BCUT2D eigenvalue weighted by Crippen LogP contribution is 2.29. The highest BCUT2D eigenvalue weighted by atomic mass is 79.9. The van der Waals surface area contributed by atoms with E-state index in [0.717, 1.165) is 34.6 Å². The topological polar surface area (TPSA) is 58.2 Å². The van der Waals surface area contributed by atoms with E-state index in [-0.39, 0.29) is 0 Å². The van der Waals surface area contributed by atoms with Crippen LogP contribution in [0.3, 0.4) is 0 Å². The molecule has 2 N–H and O–H groups in total. The van der Waals surface area contributed by atoms with Crippen LogP contribution < -0.4 is 10.0 Å². The number of halogens is 1. The molecule has 1 saturated heterocycles. The zero-order valence-corrected chi connectivity index (χ0v) is 13.4. The summed E-state index contributed by atoms with van der Waals surface area (Å²) in [5, 5.41) is 3.28. The van der Waals surface area contributed by atoms with Crippen molar-refractivity contribution in [1.29, 1.82) is 0 Å². The zero-order chi connectivity index (χ0) is 13.2. The second kappa shape index (κ2) is 6.00. The highest BCUT2D eigenvalue weighted by Gasteiger charge is 2.20. The molecule has 1 aromatic heterocycles. The molecule has 1 fully saturated rings. The van der Waals surface area contributed by atoms with Crippen molar-refractivity contribution in [2.75, 3.05) is 19.6 Å². The molecule has 0 radical (unpaired) electrons. The van der Waals surface area contributed by atoms with Crippen molar-refractivity contribution >= 4 is 37.3 Å². The monoisotopic (exact) mass is 352 g/mol. The highest BCUT2D eigenvalue weighted by molar-refractivity contribution is 9.11. The molecule has 0 bridgehead atoms. The van der Waals surface area contributed by atoms with Gasteiger partial charge in [0.2, 0.25) is 10.0 Å². The van der Waals surface area contributed by atoms with Gasteiger partial charge in [0.1, 0.15) is 0 Å². The van der Waals surface area contributed by atoms with E-state index in [4.69, 9.17) is 0 Å². The molecule has 2 heterocycles. The van der Waals surface area contributed by atoms with Crippen molar-refractivity contribution < 1.29 is 8.42 Å². The predicted octanol–water partition coefficient (Wildman–Crippen LogP) is 2.10. The number of rotatable bonds is 5. The van der Waals surface area contributed by atoms with Crippen LogP contribution in [-0.4, -0.2) is 28.1 Å². The van der Waals surface area contributed by atoms with Gasteiger partial charge in [-0.2, -0.15) is 0 Å². The lowest BCUT2D eigenvalue weighted by Gasteiger charge is -2.09. The Morgan fingerprint density at radius 3 is 2.94 bits per heavy atom. The summed E-state index contributed by atoms with van der Waals surface area (Å²) in [6, 6.07) is 1.67. The second-order valence-corrected chi connectivity index (χ2v) is 8.89. The first-order chi connectivity index (χ1) is 8.49. The van der Waals surface area contributed by atoms with Gasteiger partial charge in [-0.3, -0.25) is 0 Å². The van der Waals surface area contributed by atoms with Crippen LogP contribution in [-0.2, 0) is 10.0 Å². The third kappa shape index (κ3) is 3.54. The van der Waals surface area contributed by atoms with Crippen LogP contribution in [0.4, 0.5) is 0 Å². The minimum atomic E-state index is -3.35. The number of sulfonamides is 1. The Labute approximate surface area is 120 Å². The van der Waals surface area contributed by atoms with E-state index in [9.17, 15) is 8.42 Å². The van der Waals surface area contributed by atoms with Crippen molar-refractivity contribution in [3.63, 3.8) is 0 Å². The minimum Gasteiger partial charge on any atom is -0.316 e. The van der Waals surface area contributed by atoms with Crippen molar-refractivity contribution in [3.8, 4) is 0 Å². The lowest BCUT2D eigenvalue weighted by atomic mass is 10.1. The molecule has 4 nitrogen and oxygen atoms in total. The van der Waals surface area contributed by atoms with Gasteiger partial charge in [0.15, 0.2) is 0 Å². The van der Waals surface area contributed by atoms with Gasteiger partial charge >= 0.3 is 0 Å². The predicted molar refractivity (Wildman–Crippen MR) is 77.5 cm³/mol. The lowest BCUT2D eigenvalue weighted by Crippen LogP contribution is -2.26. The second-order valence-electron chi connectivity index (χ2n) is 4.52. The molecule has 1 unspecified atom stereocenters. The maximum atomic E-state index is 12.1. The number of hydrogen-bond acceptors (Lipinski definition) is 4. The molecule has 0 spiro atoms. The van der Waals surface area contributed by atoms with Crippen molar-refractivity contribution in [1.82, 2.24) is 10.0 Å². The third-order valence-electron chi connectivity index (χ3n) is 3.14. The van der Waals surface area contributed by atoms with Gasteiger partial charge in [-0.25, -0.2) is 13.1 Å². The molecular formula is C11H17BrN2O2S2. The fraction of sp³-hybridized carbons (Fsp3) is 0.636. The van der Waals surface area contributed by atoms with E-state index < -0.39 is 10.0 Å². The fourth-order valence-electron chi connectivity index (χ4n) is 2.13. The number of aryl methyl sites for hydroxylation is 1. The quantitative estimate of drug-likeness (QED) is 0.852. The molecule has 0 amide bonds. The molecule has 18 heavy (non-hydrogen) atoms. The Hall–Kier alpha value is 0.0500. The largest absolute Gasteiger partial charge is 0.316 e. The number of hydrogen-bond donors (Lipinski definition) is 2. The SMILES string of the molecule is Cc1sc(Br)cc1S(=O)(=O)NCCC1CCNC1.